The van der Waals surface area contributed by atoms with Gasteiger partial charge in [0.2, 0.25) is 11.8 Å². The van der Waals surface area contributed by atoms with Gasteiger partial charge in [0.05, 0.1) is 37.1 Å². The fourth-order valence-electron chi connectivity index (χ4n) is 2.01. The van der Waals surface area contributed by atoms with Crippen LogP contribution >= 0.6 is 0 Å². The van der Waals surface area contributed by atoms with E-state index in [-0.39, 0.29) is 54.9 Å². The SMILES string of the molecule is NCC(=O)N[C@@H](CCCN=C(N)N)C(=O)[O-].NCC(=O)N[C@@H](CCCN=C(N)N)C(=O)[O-].[Cu+2]. The number of nitrogens with two attached hydrogens (primary N) is 6. The minimum atomic E-state index is -1.36. The first-order valence-corrected chi connectivity index (χ1v) is 9.45. The average Bonchev–Trinajstić information content (AvgIpc) is 2.71. The monoisotopic (exact) mass is 523 g/mol. The van der Waals surface area contributed by atoms with Crippen LogP contribution in [0.1, 0.15) is 25.7 Å². The van der Waals surface area contributed by atoms with Crippen LogP contribution in [-0.2, 0) is 36.2 Å². The van der Waals surface area contributed by atoms with Crippen LogP contribution in [0.4, 0.5) is 0 Å². The first-order valence-electron chi connectivity index (χ1n) is 9.45. The van der Waals surface area contributed by atoms with Crippen LogP contribution in [0.3, 0.4) is 0 Å². The molecular weight excluding hydrogens is 492 g/mol. The molecule has 0 unspecified atom stereocenters. The summed E-state index contributed by atoms with van der Waals surface area (Å²) in [6.45, 7) is 0.0601. The van der Waals surface area contributed by atoms with E-state index in [2.05, 4.69) is 20.6 Å². The topological polar surface area (TPSA) is 319 Å². The molecule has 0 aliphatic heterocycles. The molecule has 2 amide bonds. The Labute approximate surface area is 201 Å². The minimum Gasteiger partial charge on any atom is -0.548 e. The number of carbonyl (C=O) groups excluding carboxylic acids is 4. The van der Waals surface area contributed by atoms with Crippen molar-refractivity contribution in [1.29, 1.82) is 0 Å². The van der Waals surface area contributed by atoms with Crippen molar-refractivity contribution < 1.29 is 46.5 Å². The first-order chi connectivity index (χ1) is 14.9. The molecule has 0 fully saturated rings. The summed E-state index contributed by atoms with van der Waals surface area (Å²) in [5.74, 6) is -3.92. The van der Waals surface area contributed by atoms with E-state index in [9.17, 15) is 29.4 Å². The Hall–Kier alpha value is -3.14. The predicted octanol–water partition coefficient (Wildman–Crippen LogP) is -7.54. The summed E-state index contributed by atoms with van der Waals surface area (Å²) in [6, 6.07) is -2.13. The molecular formula is C16H32CuN10O6. The summed E-state index contributed by atoms with van der Waals surface area (Å²) in [5.41, 5.74) is 30.4. The van der Waals surface area contributed by atoms with Crippen molar-refractivity contribution in [2.45, 2.75) is 37.8 Å². The summed E-state index contributed by atoms with van der Waals surface area (Å²) < 4.78 is 0. The molecule has 14 N–H and O–H groups in total. The summed E-state index contributed by atoms with van der Waals surface area (Å²) in [5, 5.41) is 25.7. The van der Waals surface area contributed by atoms with Gasteiger partial charge in [0.15, 0.2) is 11.9 Å². The van der Waals surface area contributed by atoms with Crippen molar-refractivity contribution in [3.05, 3.63) is 0 Å². The van der Waals surface area contributed by atoms with Crippen molar-refractivity contribution in [1.82, 2.24) is 10.6 Å². The summed E-state index contributed by atoms with van der Waals surface area (Å²) in [7, 11) is 0. The molecule has 193 valence electrons. The van der Waals surface area contributed by atoms with Gasteiger partial charge in [-0.2, -0.15) is 0 Å². The van der Waals surface area contributed by atoms with Gasteiger partial charge in [-0.25, -0.2) is 0 Å². The molecule has 0 aromatic carbocycles. The molecule has 0 aliphatic carbocycles. The third kappa shape index (κ3) is 21.9. The number of aliphatic imine (C=N–C) groups is 2. The van der Waals surface area contributed by atoms with Gasteiger partial charge in [-0.15, -0.1) is 0 Å². The second kappa shape index (κ2) is 20.7. The summed E-state index contributed by atoms with van der Waals surface area (Å²) in [4.78, 5) is 50.4. The Morgan fingerprint density at radius 1 is 0.697 bits per heavy atom. The second-order valence-corrected chi connectivity index (χ2v) is 6.18. The Balaban J connectivity index is -0.000000529. The maximum atomic E-state index is 10.9. The molecule has 33 heavy (non-hydrogen) atoms. The number of aliphatic carboxylic acids is 2. The second-order valence-electron chi connectivity index (χ2n) is 6.18. The quantitative estimate of drug-likeness (QED) is 0.0455. The van der Waals surface area contributed by atoms with E-state index in [1.807, 2.05) is 0 Å². The van der Waals surface area contributed by atoms with E-state index in [4.69, 9.17) is 34.4 Å². The third-order valence-corrected chi connectivity index (χ3v) is 3.50. The van der Waals surface area contributed by atoms with Crippen LogP contribution < -0.4 is 55.2 Å². The molecule has 0 saturated carbocycles. The van der Waals surface area contributed by atoms with E-state index in [1.165, 1.54) is 0 Å². The van der Waals surface area contributed by atoms with Crippen molar-refractivity contribution >= 4 is 35.7 Å². The largest absolute Gasteiger partial charge is 2.00 e. The first kappa shape index (κ1) is 34.5. The van der Waals surface area contributed by atoms with Gasteiger partial charge < -0.3 is 64.8 Å². The van der Waals surface area contributed by atoms with Gasteiger partial charge >= 0.3 is 17.1 Å². The Bertz CT molecular complexity index is 612. The van der Waals surface area contributed by atoms with Crippen molar-refractivity contribution in [3.8, 4) is 0 Å². The molecule has 0 aliphatic rings. The van der Waals surface area contributed by atoms with Crippen molar-refractivity contribution in [2.24, 2.45) is 44.4 Å². The molecule has 17 heteroatoms. The van der Waals surface area contributed by atoms with Crippen LogP contribution in [0.15, 0.2) is 9.98 Å². The molecule has 0 heterocycles. The zero-order valence-electron chi connectivity index (χ0n) is 17.9. The zero-order valence-corrected chi connectivity index (χ0v) is 18.9. The smallest absolute Gasteiger partial charge is 0.548 e. The van der Waals surface area contributed by atoms with Crippen LogP contribution in [0.25, 0.3) is 0 Å². The Morgan fingerprint density at radius 2 is 1.00 bits per heavy atom. The van der Waals surface area contributed by atoms with Crippen molar-refractivity contribution in [2.75, 3.05) is 26.2 Å². The number of rotatable bonds is 14. The number of carbonyl (C=O) groups is 4. The zero-order chi connectivity index (χ0) is 25.1. The number of carboxylic acids is 2. The van der Waals surface area contributed by atoms with Gasteiger partial charge in [-0.1, -0.05) is 0 Å². The molecule has 16 nitrogen and oxygen atoms in total. The van der Waals surface area contributed by atoms with Gasteiger partial charge in [0, 0.05) is 13.1 Å². The minimum absolute atomic E-state index is 0. The molecule has 0 spiro atoms. The van der Waals surface area contributed by atoms with Gasteiger partial charge in [-0.05, 0) is 25.7 Å². The molecule has 0 rings (SSSR count). The fraction of sp³-hybridized carbons (Fsp3) is 0.625. The Morgan fingerprint density at radius 3 is 1.21 bits per heavy atom. The van der Waals surface area contributed by atoms with E-state index >= 15 is 0 Å². The van der Waals surface area contributed by atoms with Gasteiger partial charge in [0.1, 0.15) is 0 Å². The maximum Gasteiger partial charge on any atom is 2.00 e. The van der Waals surface area contributed by atoms with E-state index < -0.39 is 35.8 Å². The van der Waals surface area contributed by atoms with Crippen LogP contribution in [-0.4, -0.2) is 73.9 Å². The van der Waals surface area contributed by atoms with E-state index in [0.717, 1.165) is 0 Å². The third-order valence-electron chi connectivity index (χ3n) is 3.50. The summed E-state index contributed by atoms with van der Waals surface area (Å²) >= 11 is 0. The van der Waals surface area contributed by atoms with E-state index in [0.29, 0.717) is 25.9 Å². The molecule has 0 saturated heterocycles. The number of nitrogens with one attached hydrogen (secondary N) is 2. The molecule has 2 atom stereocenters. The predicted molar refractivity (Wildman–Crippen MR) is 112 cm³/mol. The number of hydrogen-bond donors (Lipinski definition) is 8. The molecule has 0 bridgehead atoms. The number of carboxylic acid groups (broad SMARTS) is 2. The van der Waals surface area contributed by atoms with Gasteiger partial charge in [0.25, 0.3) is 0 Å². The van der Waals surface area contributed by atoms with E-state index in [1.54, 1.807) is 0 Å². The summed E-state index contributed by atoms with van der Waals surface area (Å²) in [6.07, 6.45) is 1.21. The molecule has 0 aromatic heterocycles. The fourth-order valence-corrected chi connectivity index (χ4v) is 2.01. The van der Waals surface area contributed by atoms with Crippen LogP contribution in [0, 0.1) is 0 Å². The number of hydrogen-bond acceptors (Lipinski definition) is 10. The van der Waals surface area contributed by atoms with Crippen molar-refractivity contribution in [3.63, 3.8) is 0 Å². The number of nitrogens with zero attached hydrogens (tertiary/aromatic N) is 2. The van der Waals surface area contributed by atoms with Gasteiger partial charge in [-0.3, -0.25) is 19.6 Å². The Kier molecular flexibility index (Phi) is 21.7. The molecule has 0 aromatic rings. The normalized spacial score (nSPS) is 11.2. The average molecular weight is 524 g/mol. The van der Waals surface area contributed by atoms with Crippen LogP contribution in [0.5, 0.6) is 0 Å². The number of amides is 2. The van der Waals surface area contributed by atoms with Crippen LogP contribution in [0.2, 0.25) is 0 Å². The standard InChI is InChI=1S/2C8H17N5O3.Cu/c2*9-4-6(14)13-5(7(15)16)2-1-3-12-8(10)11;/h2*5H,1-4,9H2,(H,13,14)(H,15,16)(H4,10,11,12);/q;;+2/p-2/t2*5-;/m00./s1. The maximum absolute atomic E-state index is 10.9. The molecule has 1 radical (unpaired) electrons. The number of guanidine groups is 2.